The van der Waals surface area contributed by atoms with Crippen molar-refractivity contribution in [2.75, 3.05) is 56.7 Å². The number of hydrogen-bond donors (Lipinski definition) is 4. The first kappa shape index (κ1) is 51.9. The van der Waals surface area contributed by atoms with Gasteiger partial charge in [0.1, 0.15) is 5.82 Å². The fourth-order valence-corrected chi connectivity index (χ4v) is 10.2. The van der Waals surface area contributed by atoms with Gasteiger partial charge in [0.05, 0.1) is 37.5 Å². The van der Waals surface area contributed by atoms with Gasteiger partial charge in [-0.15, -0.1) is 11.8 Å². The van der Waals surface area contributed by atoms with Crippen molar-refractivity contribution in [1.82, 2.24) is 45.5 Å². The second-order valence-corrected chi connectivity index (χ2v) is 19.8. The maximum Gasteiger partial charge on any atom is 0.264 e. The van der Waals surface area contributed by atoms with Gasteiger partial charge in [0, 0.05) is 110 Å². The van der Waals surface area contributed by atoms with Crippen molar-refractivity contribution >= 4 is 52.3 Å². The Labute approximate surface area is 413 Å². The molecule has 2 aromatic carbocycles. The second-order valence-electron chi connectivity index (χ2n) is 18.8. The number of carbonyl (C=O) groups is 4. The van der Waals surface area contributed by atoms with Crippen LogP contribution in [0.3, 0.4) is 0 Å². The van der Waals surface area contributed by atoms with E-state index in [4.69, 9.17) is 9.84 Å². The number of nitrogens with one attached hydrogen (secondary N) is 3. The number of rotatable bonds is 12. The average molecular weight is 985 g/mol. The van der Waals surface area contributed by atoms with E-state index in [1.54, 1.807) is 19.1 Å². The third-order valence-electron chi connectivity index (χ3n) is 12.7. The van der Waals surface area contributed by atoms with Crippen LogP contribution in [0.1, 0.15) is 112 Å². The Bertz CT molecular complexity index is 2490. The van der Waals surface area contributed by atoms with Crippen LogP contribution >= 0.6 is 11.8 Å². The first-order chi connectivity index (χ1) is 33.7. The number of alkyl halides is 2. The molecule has 0 spiro atoms. The first-order valence-corrected chi connectivity index (χ1v) is 25.2. The Hall–Kier alpha value is -5.92. The predicted molar refractivity (Wildman–Crippen MR) is 266 cm³/mol. The minimum absolute atomic E-state index is 0.00731. The molecule has 2 fully saturated rings. The molecule has 376 valence electrons. The zero-order valence-corrected chi connectivity index (χ0v) is 41.6. The topological polar surface area (TPSA) is 187 Å². The third kappa shape index (κ3) is 13.1. The number of carbonyl (C=O) groups excluding carboxylic acids is 4. The van der Waals surface area contributed by atoms with Gasteiger partial charge in [0.25, 0.3) is 6.43 Å². The summed E-state index contributed by atoms with van der Waals surface area (Å²) in [5.41, 5.74) is 7.84. The summed E-state index contributed by atoms with van der Waals surface area (Å²) in [7, 11) is 0. The monoisotopic (exact) mass is 984 g/mol. The van der Waals surface area contributed by atoms with Crippen molar-refractivity contribution in [1.29, 1.82) is 0 Å². The molecule has 7 heterocycles. The molecule has 4 aromatic rings. The van der Waals surface area contributed by atoms with Crippen LogP contribution in [0.2, 0.25) is 0 Å². The molecule has 0 radical (unpaired) electrons. The molecule has 19 heteroatoms. The standard InChI is InChI=1S/C35H42F2N8O5.C12H14N2OS.C4H10/c1-21(46)42-10-5-29-28(20-42)35(41-45(29)24-6-11-50-12-7-24)44-8-2-3-22-13-26(27(34(36)37)14-30(22)44)23-16-38-31(39-17-23)15-32(48)40-18-33(49)43-9-4-25(47)19-43;1-9-12(16-8-14-9)11-4-2-10(3-5-11)6-13-7-15;1-4(2)3/h13-14,16-17,24-25,34,47H,2-12,15,18-20H2,1H3,(H,40,48);2-5,7,14H,6,8H2,1H3,(H,13,15);4H,1-3H3. The van der Waals surface area contributed by atoms with E-state index in [-0.39, 0.29) is 48.8 Å². The smallest absolute Gasteiger partial charge is 0.264 e. The zero-order chi connectivity index (χ0) is 49.9. The summed E-state index contributed by atoms with van der Waals surface area (Å²) in [6.45, 7) is 14.2. The van der Waals surface area contributed by atoms with Crippen molar-refractivity contribution in [2.24, 2.45) is 5.92 Å². The number of allylic oxidation sites excluding steroid dienone is 1. The van der Waals surface area contributed by atoms with Crippen LogP contribution < -0.4 is 20.9 Å². The summed E-state index contributed by atoms with van der Waals surface area (Å²) >= 11 is 1.82. The molecule has 0 bridgehead atoms. The van der Waals surface area contributed by atoms with Gasteiger partial charge in [-0.3, -0.25) is 23.9 Å². The minimum Gasteiger partial charge on any atom is -0.391 e. The molecule has 5 aliphatic rings. The molecule has 70 heavy (non-hydrogen) atoms. The van der Waals surface area contributed by atoms with Gasteiger partial charge in [-0.1, -0.05) is 45.0 Å². The lowest BCUT2D eigenvalue weighted by Gasteiger charge is -2.33. The molecule has 0 aliphatic carbocycles. The number of β-amino-alcohol motifs (C(OH)–C–C–N with tert-alkyl or cyclic N) is 1. The number of aliphatic hydroxyl groups excluding tert-OH is 1. The molecule has 2 saturated heterocycles. The summed E-state index contributed by atoms with van der Waals surface area (Å²) in [5.74, 6) is 1.98. The van der Waals surface area contributed by atoms with Crippen molar-refractivity contribution < 1.29 is 37.8 Å². The molecule has 5 aliphatic heterocycles. The van der Waals surface area contributed by atoms with Gasteiger partial charge < -0.3 is 40.5 Å². The Morgan fingerprint density at radius 3 is 2.34 bits per heavy atom. The quantitative estimate of drug-likeness (QED) is 0.114. The van der Waals surface area contributed by atoms with Crippen LogP contribution in [-0.4, -0.2) is 117 Å². The lowest BCUT2D eigenvalue weighted by molar-refractivity contribution is -0.132. The average Bonchev–Trinajstić information content (AvgIpc) is 4.10. The minimum atomic E-state index is -2.78. The number of fused-ring (bicyclic) bond motifs is 2. The molecule has 16 nitrogen and oxygen atoms in total. The number of aliphatic hydroxyl groups is 1. The Morgan fingerprint density at radius 2 is 1.71 bits per heavy atom. The summed E-state index contributed by atoms with van der Waals surface area (Å²) in [6, 6.07) is 11.8. The summed E-state index contributed by atoms with van der Waals surface area (Å²) < 4.78 is 37.3. The summed E-state index contributed by atoms with van der Waals surface area (Å²) in [5, 5.41) is 23.3. The van der Waals surface area contributed by atoms with Gasteiger partial charge in [0.2, 0.25) is 24.1 Å². The fraction of sp³-hybridized carbons (Fsp3) is 0.510. The molecule has 1 atom stereocenters. The number of aryl methyl sites for hydroxylation is 1. The van der Waals surface area contributed by atoms with E-state index in [1.807, 2.05) is 33.7 Å². The number of halogens is 2. The van der Waals surface area contributed by atoms with Crippen molar-refractivity contribution in [2.45, 2.75) is 111 Å². The molecule has 9 rings (SSSR count). The van der Waals surface area contributed by atoms with E-state index >= 15 is 0 Å². The normalized spacial score (nSPS) is 17.8. The number of ether oxygens (including phenoxy) is 1. The van der Waals surface area contributed by atoms with E-state index in [0.29, 0.717) is 82.0 Å². The number of likely N-dealkylation sites (tertiary alicyclic amines) is 1. The number of anilines is 2. The maximum atomic E-state index is 14.8. The Kier molecular flexibility index (Phi) is 18.0. The fourth-order valence-electron chi connectivity index (χ4n) is 9.13. The van der Waals surface area contributed by atoms with E-state index < -0.39 is 18.4 Å². The Balaban J connectivity index is 0.000000300. The van der Waals surface area contributed by atoms with Crippen LogP contribution in [-0.2, 0) is 56.3 Å². The third-order valence-corrected chi connectivity index (χ3v) is 13.8. The van der Waals surface area contributed by atoms with Crippen LogP contribution in [0.5, 0.6) is 0 Å². The highest BCUT2D eigenvalue weighted by Gasteiger charge is 2.34. The molecule has 2 aromatic heterocycles. The molecular formula is C51H66F2N10O6S. The number of benzene rings is 2. The highest BCUT2D eigenvalue weighted by Crippen LogP contribution is 2.44. The molecule has 4 amide bonds. The van der Waals surface area contributed by atoms with Gasteiger partial charge in [0.15, 0.2) is 5.82 Å². The van der Waals surface area contributed by atoms with Gasteiger partial charge in [-0.05, 0) is 79.3 Å². The lowest BCUT2D eigenvalue weighted by Crippen LogP contribution is -2.40. The van der Waals surface area contributed by atoms with Crippen LogP contribution in [0.15, 0.2) is 54.5 Å². The van der Waals surface area contributed by atoms with E-state index in [9.17, 15) is 33.1 Å². The van der Waals surface area contributed by atoms with Gasteiger partial charge in [-0.25, -0.2) is 18.7 Å². The summed E-state index contributed by atoms with van der Waals surface area (Å²) in [4.78, 5) is 62.6. The van der Waals surface area contributed by atoms with E-state index in [2.05, 4.69) is 70.4 Å². The van der Waals surface area contributed by atoms with Crippen LogP contribution in [0.4, 0.5) is 20.3 Å². The summed E-state index contributed by atoms with van der Waals surface area (Å²) in [6.07, 6.45) is 4.48. The van der Waals surface area contributed by atoms with Crippen molar-refractivity contribution in [3.63, 3.8) is 0 Å². The maximum absolute atomic E-state index is 14.8. The molecule has 1 unspecified atom stereocenters. The number of hydrogen-bond acceptors (Lipinski definition) is 12. The zero-order valence-electron chi connectivity index (χ0n) is 40.8. The molecule has 4 N–H and O–H groups in total. The first-order valence-electron chi connectivity index (χ1n) is 24.2. The highest BCUT2D eigenvalue weighted by molar-refractivity contribution is 8.08. The van der Waals surface area contributed by atoms with Crippen molar-refractivity contribution in [3.05, 3.63) is 93.8 Å². The lowest BCUT2D eigenvalue weighted by atomic mass is 9.92. The highest BCUT2D eigenvalue weighted by atomic mass is 32.2. The van der Waals surface area contributed by atoms with Gasteiger partial charge >= 0.3 is 0 Å². The number of amides is 4. The predicted octanol–water partition coefficient (Wildman–Crippen LogP) is 6.45. The SMILES string of the molecule is CC(=O)N1CCc2c(c(N3CCCc4cc(-c5cnc(CC(=O)NCC(=O)N6CCC(O)C6)nc5)c(C(F)F)cc43)nn2C2CCOCC2)C1.CC(C)C.CC1=C(c2ccc(CNC=O)cc2)SCN1. The largest absolute Gasteiger partial charge is 0.391 e. The number of aromatic nitrogens is 4. The number of thioether (sulfide) groups is 1. The van der Waals surface area contributed by atoms with Crippen LogP contribution in [0.25, 0.3) is 16.0 Å². The van der Waals surface area contributed by atoms with Gasteiger partial charge in [-0.2, -0.15) is 5.10 Å². The Morgan fingerprint density at radius 1 is 0.986 bits per heavy atom. The molecular weight excluding hydrogens is 919 g/mol. The van der Waals surface area contributed by atoms with Crippen LogP contribution in [0, 0.1) is 5.92 Å². The van der Waals surface area contributed by atoms with E-state index in [1.165, 1.54) is 33.5 Å². The van der Waals surface area contributed by atoms with E-state index in [0.717, 1.165) is 65.7 Å². The van der Waals surface area contributed by atoms with Crippen molar-refractivity contribution in [3.8, 4) is 11.1 Å². The molecule has 0 saturated carbocycles. The number of nitrogens with zero attached hydrogens (tertiary/aromatic N) is 7. The second kappa shape index (κ2) is 24.3.